The molecule has 3 nitrogen and oxygen atoms in total. The van der Waals surface area contributed by atoms with E-state index in [2.05, 4.69) is 36.5 Å². The largest absolute Gasteiger partial charge is 0.298 e. The van der Waals surface area contributed by atoms with Crippen LogP contribution in [0.3, 0.4) is 0 Å². The second-order valence-electron chi connectivity index (χ2n) is 5.31. The maximum atomic E-state index is 11.3. The van der Waals surface area contributed by atoms with E-state index < -0.39 is 0 Å². The van der Waals surface area contributed by atoms with Crippen LogP contribution >= 0.6 is 11.3 Å². The first-order valence-electron chi connectivity index (χ1n) is 6.68. The zero-order valence-electron chi connectivity index (χ0n) is 11.5. The summed E-state index contributed by atoms with van der Waals surface area (Å²) in [5.41, 5.74) is 2.49. The lowest BCUT2D eigenvalue weighted by Crippen LogP contribution is -2.04. The highest BCUT2D eigenvalue weighted by atomic mass is 32.1. The average Bonchev–Trinajstić information content (AvgIpc) is 3.03. The number of hydrogen-bond donors (Lipinski definition) is 0. The minimum absolute atomic E-state index is 0.500. The fourth-order valence-corrected chi connectivity index (χ4v) is 3.29. The summed E-state index contributed by atoms with van der Waals surface area (Å²) < 4.78 is 3.06. The summed E-state index contributed by atoms with van der Waals surface area (Å²) in [5, 5.41) is 7.88. The van der Waals surface area contributed by atoms with Crippen LogP contribution in [0.15, 0.2) is 35.8 Å². The van der Waals surface area contributed by atoms with Crippen molar-refractivity contribution < 1.29 is 4.79 Å². The molecule has 3 rings (SSSR count). The van der Waals surface area contributed by atoms with E-state index in [0.717, 1.165) is 24.1 Å². The van der Waals surface area contributed by atoms with E-state index in [1.807, 2.05) is 23.0 Å². The molecule has 102 valence electrons. The molecule has 0 aliphatic rings. The lowest BCUT2D eigenvalue weighted by molar-refractivity contribution is 0.112. The number of carbonyl (C=O) groups is 1. The van der Waals surface area contributed by atoms with Gasteiger partial charge in [-0.25, -0.2) is 0 Å². The van der Waals surface area contributed by atoms with Crippen molar-refractivity contribution in [2.45, 2.75) is 20.4 Å². The third-order valence-corrected chi connectivity index (χ3v) is 4.17. The van der Waals surface area contributed by atoms with E-state index in [1.54, 1.807) is 11.3 Å². The van der Waals surface area contributed by atoms with E-state index >= 15 is 0 Å². The molecule has 0 aliphatic heterocycles. The molecule has 2 heterocycles. The first-order chi connectivity index (χ1) is 9.69. The van der Waals surface area contributed by atoms with Gasteiger partial charge in [0.15, 0.2) is 6.29 Å². The van der Waals surface area contributed by atoms with Crippen molar-refractivity contribution in [3.05, 3.63) is 41.4 Å². The number of aromatic nitrogens is 2. The number of fused-ring (bicyclic) bond motifs is 1. The number of hydrogen-bond acceptors (Lipinski definition) is 3. The van der Waals surface area contributed by atoms with E-state index in [-0.39, 0.29) is 0 Å². The van der Waals surface area contributed by atoms with Gasteiger partial charge in [-0.3, -0.25) is 9.48 Å². The van der Waals surface area contributed by atoms with Crippen LogP contribution in [-0.4, -0.2) is 16.1 Å². The second-order valence-corrected chi connectivity index (χ2v) is 6.23. The van der Waals surface area contributed by atoms with Crippen molar-refractivity contribution in [2.75, 3.05) is 0 Å². The Kier molecular flexibility index (Phi) is 3.40. The van der Waals surface area contributed by atoms with Gasteiger partial charge in [0, 0.05) is 23.0 Å². The van der Waals surface area contributed by atoms with Gasteiger partial charge in [-0.15, -0.1) is 11.3 Å². The maximum Gasteiger partial charge on any atom is 0.153 e. The molecule has 0 saturated carbocycles. The Hall–Kier alpha value is -1.94. The van der Waals surface area contributed by atoms with Crippen molar-refractivity contribution in [1.82, 2.24) is 9.78 Å². The smallest absolute Gasteiger partial charge is 0.153 e. The Labute approximate surface area is 121 Å². The van der Waals surface area contributed by atoms with Crippen LogP contribution in [0.25, 0.3) is 21.3 Å². The van der Waals surface area contributed by atoms with Gasteiger partial charge in [-0.2, -0.15) is 5.10 Å². The Balaban J connectivity index is 2.15. The summed E-state index contributed by atoms with van der Waals surface area (Å²) in [7, 11) is 0. The van der Waals surface area contributed by atoms with Gasteiger partial charge in [0.05, 0.1) is 5.56 Å². The molecular formula is C16H16N2OS. The van der Waals surface area contributed by atoms with Gasteiger partial charge in [0.2, 0.25) is 0 Å². The summed E-state index contributed by atoms with van der Waals surface area (Å²) in [6.45, 7) is 5.10. The van der Waals surface area contributed by atoms with Crippen LogP contribution in [0.2, 0.25) is 0 Å². The van der Waals surface area contributed by atoms with E-state index in [4.69, 9.17) is 0 Å². The Morgan fingerprint density at radius 1 is 1.35 bits per heavy atom. The number of rotatable bonds is 4. The van der Waals surface area contributed by atoms with Gasteiger partial charge in [0.25, 0.3) is 0 Å². The van der Waals surface area contributed by atoms with Crippen molar-refractivity contribution in [1.29, 1.82) is 0 Å². The van der Waals surface area contributed by atoms with E-state index in [1.165, 1.54) is 10.1 Å². The molecule has 1 aromatic carbocycles. The van der Waals surface area contributed by atoms with Crippen LogP contribution in [0.5, 0.6) is 0 Å². The molecule has 0 N–H and O–H groups in total. The summed E-state index contributed by atoms with van der Waals surface area (Å²) in [5.74, 6) is 0.500. The van der Waals surface area contributed by atoms with Crippen molar-refractivity contribution in [3.8, 4) is 11.3 Å². The molecule has 20 heavy (non-hydrogen) atoms. The molecule has 0 fully saturated rings. The molecule has 0 radical (unpaired) electrons. The number of benzene rings is 1. The molecule has 0 amide bonds. The number of thiophene rings is 1. The number of nitrogens with zero attached hydrogens (tertiary/aromatic N) is 2. The normalized spacial score (nSPS) is 11.3. The van der Waals surface area contributed by atoms with Crippen molar-refractivity contribution in [2.24, 2.45) is 5.92 Å². The fraction of sp³-hybridized carbons (Fsp3) is 0.250. The second kappa shape index (κ2) is 5.21. The SMILES string of the molecule is CC(C)Cn1cc(C=O)c(-c2cccc3ccsc23)n1. The summed E-state index contributed by atoms with van der Waals surface area (Å²) in [6.07, 6.45) is 2.74. The Morgan fingerprint density at radius 3 is 2.95 bits per heavy atom. The topological polar surface area (TPSA) is 34.9 Å². The molecule has 0 saturated heterocycles. The Morgan fingerprint density at radius 2 is 2.20 bits per heavy atom. The van der Waals surface area contributed by atoms with Crippen LogP contribution in [-0.2, 0) is 6.54 Å². The van der Waals surface area contributed by atoms with Gasteiger partial charge < -0.3 is 0 Å². The highest BCUT2D eigenvalue weighted by Crippen LogP contribution is 2.33. The minimum atomic E-state index is 0.500. The zero-order chi connectivity index (χ0) is 14.1. The predicted octanol–water partition coefficient (Wildman–Crippen LogP) is 4.23. The van der Waals surface area contributed by atoms with Crippen LogP contribution in [0.4, 0.5) is 0 Å². The quantitative estimate of drug-likeness (QED) is 0.672. The first kappa shape index (κ1) is 13.1. The zero-order valence-corrected chi connectivity index (χ0v) is 12.4. The maximum absolute atomic E-state index is 11.3. The van der Waals surface area contributed by atoms with Crippen molar-refractivity contribution in [3.63, 3.8) is 0 Å². The summed E-state index contributed by atoms with van der Waals surface area (Å²) in [4.78, 5) is 11.3. The van der Waals surface area contributed by atoms with Crippen LogP contribution < -0.4 is 0 Å². The molecule has 0 unspecified atom stereocenters. The van der Waals surface area contributed by atoms with Crippen molar-refractivity contribution >= 4 is 27.7 Å². The molecule has 3 aromatic rings. The first-order valence-corrected chi connectivity index (χ1v) is 7.56. The highest BCUT2D eigenvalue weighted by molar-refractivity contribution is 7.17. The molecule has 0 aliphatic carbocycles. The predicted molar refractivity (Wildman–Crippen MR) is 83.3 cm³/mol. The molecular weight excluding hydrogens is 268 g/mol. The van der Waals surface area contributed by atoms with Gasteiger partial charge in [0.1, 0.15) is 5.69 Å². The summed E-state index contributed by atoms with van der Waals surface area (Å²) in [6, 6.07) is 8.23. The van der Waals surface area contributed by atoms with Gasteiger partial charge >= 0.3 is 0 Å². The average molecular weight is 284 g/mol. The Bertz CT molecular complexity index is 755. The fourth-order valence-electron chi connectivity index (χ4n) is 2.38. The molecule has 0 spiro atoms. The van der Waals surface area contributed by atoms with E-state index in [9.17, 15) is 4.79 Å². The molecule has 0 atom stereocenters. The monoisotopic (exact) mass is 284 g/mol. The third-order valence-electron chi connectivity index (χ3n) is 3.20. The van der Waals surface area contributed by atoms with Crippen LogP contribution in [0.1, 0.15) is 24.2 Å². The van der Waals surface area contributed by atoms with Gasteiger partial charge in [-0.1, -0.05) is 32.0 Å². The van der Waals surface area contributed by atoms with Crippen LogP contribution in [0, 0.1) is 5.92 Å². The molecule has 4 heteroatoms. The number of carbonyl (C=O) groups excluding carboxylic acids is 1. The standard InChI is InChI=1S/C16H16N2OS/c1-11(2)8-18-9-13(10-19)15(17-18)14-5-3-4-12-6-7-20-16(12)14/h3-7,9-11H,8H2,1-2H3. The number of aldehydes is 1. The lowest BCUT2D eigenvalue weighted by atomic mass is 10.1. The third kappa shape index (κ3) is 2.27. The van der Waals surface area contributed by atoms with Gasteiger partial charge in [-0.05, 0) is 22.8 Å². The van der Waals surface area contributed by atoms with E-state index in [0.29, 0.717) is 11.5 Å². The summed E-state index contributed by atoms with van der Waals surface area (Å²) >= 11 is 1.69. The lowest BCUT2D eigenvalue weighted by Gasteiger charge is -2.04. The minimum Gasteiger partial charge on any atom is -0.298 e. The molecule has 2 aromatic heterocycles. The molecule has 0 bridgehead atoms. The highest BCUT2D eigenvalue weighted by Gasteiger charge is 2.14.